The van der Waals surface area contributed by atoms with Crippen molar-refractivity contribution in [2.24, 2.45) is 5.41 Å². The highest BCUT2D eigenvalue weighted by molar-refractivity contribution is 6.74. The minimum absolute atomic E-state index is 0.0218. The zero-order valence-corrected chi connectivity index (χ0v) is 21.3. The Morgan fingerprint density at radius 3 is 2.34 bits per heavy atom. The summed E-state index contributed by atoms with van der Waals surface area (Å²) in [6.07, 6.45) is 4.54. The fourth-order valence-electron chi connectivity index (χ4n) is 3.00. The van der Waals surface area contributed by atoms with Crippen molar-refractivity contribution in [2.45, 2.75) is 115 Å². The molecular formula is C22H41ClO5Si. The molecule has 0 saturated carbocycles. The lowest BCUT2D eigenvalue weighted by Gasteiger charge is -2.39. The standard InChI is InChI=1S/C22H41ClO5Si/c1-21(2,3)20(25)26-13-9-10-17-14-19(28-29(7,8)22(4,5)6)18(27-17)12-11-16(23)15-24/h15-19H,9-14H2,1-8H3/t16-,17-,18-,19-/m0/s1. The number of aldehydes is 1. The van der Waals surface area contributed by atoms with Crippen LogP contribution in [0.1, 0.15) is 73.6 Å². The first-order valence-electron chi connectivity index (χ1n) is 10.8. The van der Waals surface area contributed by atoms with Gasteiger partial charge >= 0.3 is 5.97 Å². The second-order valence-electron chi connectivity index (χ2n) is 10.7. The molecule has 7 heteroatoms. The van der Waals surface area contributed by atoms with Gasteiger partial charge in [-0.1, -0.05) is 20.8 Å². The summed E-state index contributed by atoms with van der Waals surface area (Å²) in [5, 5.41) is -0.364. The summed E-state index contributed by atoms with van der Waals surface area (Å²) in [5.74, 6) is -0.177. The summed E-state index contributed by atoms with van der Waals surface area (Å²) in [4.78, 5) is 22.8. The van der Waals surface area contributed by atoms with Gasteiger partial charge in [-0.25, -0.2) is 0 Å². The third kappa shape index (κ3) is 8.68. The van der Waals surface area contributed by atoms with E-state index in [-0.39, 0.29) is 29.3 Å². The van der Waals surface area contributed by atoms with Crippen LogP contribution in [0, 0.1) is 5.41 Å². The average molecular weight is 449 g/mol. The van der Waals surface area contributed by atoms with E-state index in [1.807, 2.05) is 20.8 Å². The summed E-state index contributed by atoms with van der Waals surface area (Å²) in [6, 6.07) is 0. The van der Waals surface area contributed by atoms with Crippen LogP contribution in [0.25, 0.3) is 0 Å². The number of esters is 1. The van der Waals surface area contributed by atoms with Crippen molar-refractivity contribution in [2.75, 3.05) is 6.61 Å². The maximum Gasteiger partial charge on any atom is 0.311 e. The summed E-state index contributed by atoms with van der Waals surface area (Å²) in [6.45, 7) is 17.1. The normalized spacial score (nSPS) is 24.4. The first kappa shape index (κ1) is 26.6. The number of halogens is 1. The van der Waals surface area contributed by atoms with E-state index in [4.69, 9.17) is 25.5 Å². The van der Waals surface area contributed by atoms with E-state index in [2.05, 4.69) is 33.9 Å². The first-order valence-corrected chi connectivity index (χ1v) is 14.1. The predicted octanol–water partition coefficient (Wildman–Crippen LogP) is 5.49. The predicted molar refractivity (Wildman–Crippen MR) is 120 cm³/mol. The molecule has 0 aromatic rings. The summed E-state index contributed by atoms with van der Waals surface area (Å²) >= 11 is 6.00. The van der Waals surface area contributed by atoms with Crippen LogP contribution >= 0.6 is 11.6 Å². The monoisotopic (exact) mass is 448 g/mol. The summed E-state index contributed by atoms with van der Waals surface area (Å²) in [5.41, 5.74) is -0.478. The van der Waals surface area contributed by atoms with Gasteiger partial charge in [0, 0.05) is 6.42 Å². The molecule has 5 nitrogen and oxygen atoms in total. The zero-order valence-electron chi connectivity index (χ0n) is 19.5. The molecule has 0 unspecified atom stereocenters. The van der Waals surface area contributed by atoms with Crippen molar-refractivity contribution in [1.29, 1.82) is 0 Å². The largest absolute Gasteiger partial charge is 0.465 e. The Morgan fingerprint density at radius 1 is 1.21 bits per heavy atom. The third-order valence-electron chi connectivity index (χ3n) is 5.92. The molecule has 0 spiro atoms. The van der Waals surface area contributed by atoms with E-state index in [0.29, 0.717) is 19.4 Å². The van der Waals surface area contributed by atoms with Gasteiger partial charge in [0.25, 0.3) is 0 Å². The molecule has 0 amide bonds. The fraction of sp³-hybridized carbons (Fsp3) is 0.909. The van der Waals surface area contributed by atoms with E-state index in [1.54, 1.807) is 0 Å². The molecule has 1 rings (SSSR count). The highest BCUT2D eigenvalue weighted by Crippen LogP contribution is 2.40. The third-order valence-corrected chi connectivity index (χ3v) is 10.7. The maximum atomic E-state index is 11.9. The van der Waals surface area contributed by atoms with E-state index in [0.717, 1.165) is 25.5 Å². The van der Waals surface area contributed by atoms with Crippen LogP contribution in [0.15, 0.2) is 0 Å². The number of hydrogen-bond acceptors (Lipinski definition) is 5. The number of carbonyl (C=O) groups is 2. The Kier molecular flexibility index (Phi) is 9.85. The first-order chi connectivity index (χ1) is 13.2. The molecular weight excluding hydrogens is 408 g/mol. The van der Waals surface area contributed by atoms with Crippen LogP contribution in [-0.4, -0.2) is 50.9 Å². The summed E-state index contributed by atoms with van der Waals surface area (Å²) in [7, 11) is -1.93. The van der Waals surface area contributed by atoms with Gasteiger partial charge in [-0.05, 0) is 64.6 Å². The maximum absolute atomic E-state index is 11.9. The van der Waals surface area contributed by atoms with Crippen molar-refractivity contribution < 1.29 is 23.5 Å². The molecule has 4 atom stereocenters. The number of hydrogen-bond donors (Lipinski definition) is 0. The van der Waals surface area contributed by atoms with Gasteiger partial charge < -0.3 is 18.7 Å². The Morgan fingerprint density at radius 2 is 1.83 bits per heavy atom. The van der Waals surface area contributed by atoms with Crippen LogP contribution in [0.5, 0.6) is 0 Å². The number of alkyl halides is 1. The molecule has 170 valence electrons. The average Bonchev–Trinajstić information content (AvgIpc) is 2.95. The van der Waals surface area contributed by atoms with Gasteiger partial charge in [0.1, 0.15) is 6.29 Å². The molecule has 1 aliphatic heterocycles. The van der Waals surface area contributed by atoms with Crippen LogP contribution in [0.3, 0.4) is 0 Å². The number of carbonyl (C=O) groups excluding carboxylic acids is 2. The lowest BCUT2D eigenvalue weighted by Crippen LogP contribution is -2.46. The topological polar surface area (TPSA) is 61.8 Å². The van der Waals surface area contributed by atoms with Crippen molar-refractivity contribution in [3.8, 4) is 0 Å². The quantitative estimate of drug-likeness (QED) is 0.145. The van der Waals surface area contributed by atoms with E-state index < -0.39 is 19.1 Å². The molecule has 0 aromatic carbocycles. The van der Waals surface area contributed by atoms with Crippen molar-refractivity contribution in [3.63, 3.8) is 0 Å². The van der Waals surface area contributed by atoms with Crippen molar-refractivity contribution in [1.82, 2.24) is 0 Å². The van der Waals surface area contributed by atoms with Crippen molar-refractivity contribution >= 4 is 32.2 Å². The van der Waals surface area contributed by atoms with Crippen LogP contribution in [0.2, 0.25) is 18.1 Å². The zero-order chi connectivity index (χ0) is 22.5. The molecule has 1 heterocycles. The Hall–Kier alpha value is -0.433. The minimum Gasteiger partial charge on any atom is -0.465 e. The Bertz CT molecular complexity index is 538. The van der Waals surface area contributed by atoms with E-state index in [9.17, 15) is 9.59 Å². The van der Waals surface area contributed by atoms with Crippen LogP contribution in [0.4, 0.5) is 0 Å². The molecule has 0 bridgehead atoms. The van der Waals surface area contributed by atoms with Crippen molar-refractivity contribution in [3.05, 3.63) is 0 Å². The molecule has 0 aromatic heterocycles. The highest BCUT2D eigenvalue weighted by Gasteiger charge is 2.44. The number of rotatable bonds is 10. The fourth-order valence-corrected chi connectivity index (χ4v) is 4.49. The van der Waals surface area contributed by atoms with E-state index >= 15 is 0 Å². The Balaban J connectivity index is 2.63. The molecule has 1 saturated heterocycles. The second-order valence-corrected chi connectivity index (χ2v) is 16.0. The van der Waals surface area contributed by atoms with Gasteiger partial charge in [-0.15, -0.1) is 11.6 Å². The van der Waals surface area contributed by atoms with Gasteiger partial charge in [0.05, 0.1) is 35.7 Å². The van der Waals surface area contributed by atoms with Crippen LogP contribution < -0.4 is 0 Å². The second kappa shape index (κ2) is 10.7. The number of ether oxygens (including phenoxy) is 2. The highest BCUT2D eigenvalue weighted by atomic mass is 35.5. The lowest BCUT2D eigenvalue weighted by atomic mass is 9.97. The Labute approximate surface area is 183 Å². The van der Waals surface area contributed by atoms with Gasteiger partial charge in [-0.3, -0.25) is 4.79 Å². The minimum atomic E-state index is -1.93. The van der Waals surface area contributed by atoms with Gasteiger partial charge in [-0.2, -0.15) is 0 Å². The van der Waals surface area contributed by atoms with Crippen LogP contribution in [-0.2, 0) is 23.5 Å². The van der Waals surface area contributed by atoms with Gasteiger partial charge in [0.15, 0.2) is 8.32 Å². The lowest BCUT2D eigenvalue weighted by molar-refractivity contribution is -0.153. The molecule has 1 aliphatic rings. The summed E-state index contributed by atoms with van der Waals surface area (Å²) < 4.78 is 18.3. The molecule has 0 aliphatic carbocycles. The molecule has 0 N–H and O–H groups in total. The van der Waals surface area contributed by atoms with Gasteiger partial charge in [0.2, 0.25) is 0 Å². The molecule has 29 heavy (non-hydrogen) atoms. The molecule has 0 radical (unpaired) electrons. The SMILES string of the molecule is CC(C)(C)C(=O)OCCC[C@H]1C[C@H](O[Si](C)(C)C(C)(C)C)[C@H](CC[C@H](Cl)C=O)O1. The smallest absolute Gasteiger partial charge is 0.311 e. The molecule has 1 fully saturated rings. The van der Waals surface area contributed by atoms with E-state index in [1.165, 1.54) is 0 Å².